The van der Waals surface area contributed by atoms with Gasteiger partial charge in [0.05, 0.1) is 11.4 Å². The van der Waals surface area contributed by atoms with Crippen molar-refractivity contribution < 1.29 is 9.18 Å². The van der Waals surface area contributed by atoms with E-state index in [0.717, 1.165) is 22.2 Å². The molecule has 2 aromatic carbocycles. The van der Waals surface area contributed by atoms with Crippen molar-refractivity contribution in [3.63, 3.8) is 0 Å². The van der Waals surface area contributed by atoms with Crippen LogP contribution >= 0.6 is 0 Å². The zero-order valence-corrected chi connectivity index (χ0v) is 18.7. The minimum Gasteiger partial charge on any atom is -0.356 e. The topological polar surface area (TPSA) is 81.8 Å². The van der Waals surface area contributed by atoms with Crippen LogP contribution in [0.15, 0.2) is 59.5 Å². The third-order valence-electron chi connectivity index (χ3n) is 5.53. The summed E-state index contributed by atoms with van der Waals surface area (Å²) in [6.07, 6.45) is 3.22. The number of fused-ring (bicyclic) bond motifs is 1. The number of nitrogens with one attached hydrogen (secondary N) is 1. The first-order valence-corrected chi connectivity index (χ1v) is 11.0. The van der Waals surface area contributed by atoms with Crippen LogP contribution in [0.5, 0.6) is 0 Å². The lowest BCUT2D eigenvalue weighted by Gasteiger charge is -2.07. The summed E-state index contributed by atoms with van der Waals surface area (Å²) in [4.78, 5) is 25.0. The normalized spacial score (nSPS) is 11.1. The first-order valence-electron chi connectivity index (χ1n) is 11.0. The van der Waals surface area contributed by atoms with Gasteiger partial charge in [-0.05, 0) is 56.5 Å². The Morgan fingerprint density at radius 2 is 1.76 bits per heavy atom. The predicted octanol–water partition coefficient (Wildman–Crippen LogP) is 3.48. The van der Waals surface area contributed by atoms with Gasteiger partial charge in [0.25, 0.3) is 5.56 Å². The van der Waals surface area contributed by atoms with Crippen LogP contribution in [0.25, 0.3) is 16.6 Å². The van der Waals surface area contributed by atoms with Crippen LogP contribution in [-0.4, -0.2) is 32.0 Å². The van der Waals surface area contributed by atoms with Crippen LogP contribution in [0.3, 0.4) is 0 Å². The molecule has 0 atom stereocenters. The Bertz CT molecular complexity index is 1320. The van der Waals surface area contributed by atoms with Crippen molar-refractivity contribution in [2.45, 2.75) is 39.7 Å². The summed E-state index contributed by atoms with van der Waals surface area (Å²) in [5.41, 5.74) is 3.80. The number of carbonyl (C=O) groups is 1. The standard InChI is InChI=1S/C25H26FN5O2/c1-17-5-11-21(12-6-17)31-16-22-18(2)28-30(25(33)24(22)29-31)15-3-4-23(32)27-14-13-19-7-9-20(26)10-8-19/h5-12,16H,3-4,13-15H2,1-2H3,(H,27,32). The molecule has 0 bridgehead atoms. The molecule has 8 heteroatoms. The number of carbonyl (C=O) groups excluding carboxylic acids is 1. The lowest BCUT2D eigenvalue weighted by atomic mass is 10.1. The van der Waals surface area contributed by atoms with Gasteiger partial charge in [-0.1, -0.05) is 29.8 Å². The van der Waals surface area contributed by atoms with E-state index in [-0.39, 0.29) is 23.7 Å². The van der Waals surface area contributed by atoms with Crippen LogP contribution in [-0.2, 0) is 17.8 Å². The minimum atomic E-state index is -0.276. The van der Waals surface area contributed by atoms with E-state index < -0.39 is 0 Å². The largest absolute Gasteiger partial charge is 0.356 e. The summed E-state index contributed by atoms with van der Waals surface area (Å²) in [5, 5.41) is 12.5. The van der Waals surface area contributed by atoms with Gasteiger partial charge in [-0.2, -0.15) is 10.2 Å². The molecule has 0 aliphatic heterocycles. The lowest BCUT2D eigenvalue weighted by molar-refractivity contribution is -0.121. The number of hydrogen-bond acceptors (Lipinski definition) is 4. The molecular formula is C25H26FN5O2. The third-order valence-corrected chi connectivity index (χ3v) is 5.53. The fraction of sp³-hybridized carbons (Fsp3) is 0.280. The number of halogens is 1. The maximum Gasteiger partial charge on any atom is 0.295 e. The van der Waals surface area contributed by atoms with E-state index in [0.29, 0.717) is 37.1 Å². The molecule has 0 saturated heterocycles. The van der Waals surface area contributed by atoms with Crippen LogP contribution < -0.4 is 10.9 Å². The molecule has 0 radical (unpaired) electrons. The van der Waals surface area contributed by atoms with Crippen molar-refractivity contribution in [3.8, 4) is 5.69 Å². The van der Waals surface area contributed by atoms with E-state index in [4.69, 9.17) is 0 Å². The van der Waals surface area contributed by atoms with Crippen molar-refractivity contribution in [1.82, 2.24) is 24.9 Å². The van der Waals surface area contributed by atoms with Crippen molar-refractivity contribution in [2.75, 3.05) is 6.54 Å². The van der Waals surface area contributed by atoms with E-state index in [1.54, 1.807) is 16.8 Å². The van der Waals surface area contributed by atoms with Crippen molar-refractivity contribution in [2.24, 2.45) is 0 Å². The Kier molecular flexibility index (Phi) is 6.63. The molecular weight excluding hydrogens is 421 g/mol. The fourth-order valence-electron chi connectivity index (χ4n) is 3.66. The summed E-state index contributed by atoms with van der Waals surface area (Å²) in [6, 6.07) is 14.1. The van der Waals surface area contributed by atoms with E-state index in [9.17, 15) is 14.0 Å². The molecule has 2 heterocycles. The molecule has 1 amide bonds. The molecule has 0 spiro atoms. The zero-order valence-electron chi connectivity index (χ0n) is 18.7. The molecule has 2 aromatic heterocycles. The summed E-state index contributed by atoms with van der Waals surface area (Å²) in [7, 11) is 0. The van der Waals surface area contributed by atoms with E-state index in [2.05, 4.69) is 15.5 Å². The highest BCUT2D eigenvalue weighted by Crippen LogP contribution is 2.16. The molecule has 4 aromatic rings. The molecule has 0 unspecified atom stereocenters. The number of nitrogens with zero attached hydrogens (tertiary/aromatic N) is 4. The Labute approximate surface area is 190 Å². The van der Waals surface area contributed by atoms with Gasteiger partial charge in [-0.25, -0.2) is 13.8 Å². The molecule has 0 fully saturated rings. The van der Waals surface area contributed by atoms with Crippen molar-refractivity contribution in [1.29, 1.82) is 0 Å². The quantitative estimate of drug-likeness (QED) is 0.448. The maximum absolute atomic E-state index is 12.9. The summed E-state index contributed by atoms with van der Waals surface area (Å²) in [5.74, 6) is -0.367. The molecule has 170 valence electrons. The third kappa shape index (κ3) is 5.34. The van der Waals surface area contributed by atoms with E-state index in [1.807, 2.05) is 44.3 Å². The number of aryl methyl sites for hydroxylation is 3. The van der Waals surface area contributed by atoms with Gasteiger partial charge in [-0.3, -0.25) is 9.59 Å². The van der Waals surface area contributed by atoms with Crippen LogP contribution in [0.1, 0.15) is 29.7 Å². The first-order chi connectivity index (χ1) is 15.9. The predicted molar refractivity (Wildman–Crippen MR) is 125 cm³/mol. The Balaban J connectivity index is 1.35. The van der Waals surface area contributed by atoms with E-state index >= 15 is 0 Å². The highest BCUT2D eigenvalue weighted by molar-refractivity contribution is 5.79. The number of rotatable bonds is 8. The fourth-order valence-corrected chi connectivity index (χ4v) is 3.66. The van der Waals surface area contributed by atoms with Gasteiger partial charge in [0.15, 0.2) is 5.52 Å². The van der Waals surface area contributed by atoms with Crippen molar-refractivity contribution in [3.05, 3.63) is 87.7 Å². The van der Waals surface area contributed by atoms with Crippen LogP contribution in [0.4, 0.5) is 4.39 Å². The molecule has 0 aliphatic carbocycles. The van der Waals surface area contributed by atoms with E-state index in [1.165, 1.54) is 16.8 Å². The molecule has 33 heavy (non-hydrogen) atoms. The highest BCUT2D eigenvalue weighted by Gasteiger charge is 2.13. The number of benzene rings is 2. The second-order valence-electron chi connectivity index (χ2n) is 8.12. The number of amides is 1. The molecule has 4 rings (SSSR count). The first kappa shape index (κ1) is 22.4. The molecule has 0 saturated carbocycles. The van der Waals surface area contributed by atoms with Crippen LogP contribution in [0.2, 0.25) is 0 Å². The number of aromatic nitrogens is 4. The van der Waals surface area contributed by atoms with Crippen molar-refractivity contribution >= 4 is 16.8 Å². The minimum absolute atomic E-state index is 0.0911. The maximum atomic E-state index is 12.9. The Hall–Kier alpha value is -3.81. The summed E-state index contributed by atoms with van der Waals surface area (Å²) in [6.45, 7) is 4.67. The van der Waals surface area contributed by atoms with Gasteiger partial charge < -0.3 is 5.32 Å². The van der Waals surface area contributed by atoms with Gasteiger partial charge >= 0.3 is 0 Å². The number of hydrogen-bond donors (Lipinski definition) is 1. The van der Waals surface area contributed by atoms with Crippen LogP contribution in [0, 0.1) is 19.7 Å². The van der Waals surface area contributed by atoms with Gasteiger partial charge in [0.1, 0.15) is 5.82 Å². The van der Waals surface area contributed by atoms with Gasteiger partial charge in [0, 0.05) is 31.1 Å². The van der Waals surface area contributed by atoms with Gasteiger partial charge in [0.2, 0.25) is 5.91 Å². The summed E-state index contributed by atoms with van der Waals surface area (Å²) < 4.78 is 16.0. The highest BCUT2D eigenvalue weighted by atomic mass is 19.1. The average Bonchev–Trinajstić information content (AvgIpc) is 3.25. The lowest BCUT2D eigenvalue weighted by Crippen LogP contribution is -2.27. The monoisotopic (exact) mass is 447 g/mol. The average molecular weight is 448 g/mol. The molecule has 7 nitrogen and oxygen atoms in total. The zero-order chi connectivity index (χ0) is 23.4. The summed E-state index contributed by atoms with van der Waals surface area (Å²) >= 11 is 0. The Morgan fingerprint density at radius 3 is 2.48 bits per heavy atom. The smallest absolute Gasteiger partial charge is 0.295 e. The Morgan fingerprint density at radius 1 is 1.03 bits per heavy atom. The molecule has 1 N–H and O–H groups in total. The van der Waals surface area contributed by atoms with Gasteiger partial charge in [-0.15, -0.1) is 0 Å². The second kappa shape index (κ2) is 9.77. The second-order valence-corrected chi connectivity index (χ2v) is 8.12. The SMILES string of the molecule is Cc1ccc(-n2cc3c(C)nn(CCCC(=O)NCCc4ccc(F)cc4)c(=O)c3n2)cc1. The molecule has 0 aliphatic rings.